The lowest BCUT2D eigenvalue weighted by Gasteiger charge is -2.33. The number of ether oxygens (including phenoxy) is 1. The first-order chi connectivity index (χ1) is 10.6. The number of nitrogens with two attached hydrogens (primary N) is 1. The van der Waals surface area contributed by atoms with Gasteiger partial charge < -0.3 is 15.4 Å². The number of carbonyl (C=O) groups is 2. The number of rotatable bonds is 3. The summed E-state index contributed by atoms with van der Waals surface area (Å²) in [4.78, 5) is 28.2. The predicted molar refractivity (Wildman–Crippen MR) is 82.6 cm³/mol. The first-order valence-electron chi connectivity index (χ1n) is 7.65. The number of nitrogens with zero attached hydrogens (tertiary/aromatic N) is 2. The Morgan fingerprint density at radius 1 is 1.41 bits per heavy atom. The fraction of sp³-hybridized carbons (Fsp3) is 0.500. The lowest BCUT2D eigenvalue weighted by atomic mass is 10.1. The van der Waals surface area contributed by atoms with E-state index in [1.165, 1.54) is 4.90 Å². The zero-order valence-corrected chi connectivity index (χ0v) is 12.7. The smallest absolute Gasteiger partial charge is 0.268 e. The van der Waals surface area contributed by atoms with Crippen LogP contribution < -0.4 is 15.4 Å². The molecule has 0 aromatic heterocycles. The number of benzene rings is 1. The molecule has 2 unspecified atom stereocenters. The second kappa shape index (κ2) is 5.96. The summed E-state index contributed by atoms with van der Waals surface area (Å²) in [6.45, 7) is 3.76. The highest BCUT2D eigenvalue weighted by molar-refractivity contribution is 6.03. The molecular weight excluding hydrogens is 282 g/mol. The summed E-state index contributed by atoms with van der Waals surface area (Å²) in [7, 11) is 0. The number of hydrogen-bond donors (Lipinski definition) is 1. The molecule has 1 aromatic rings. The van der Waals surface area contributed by atoms with Crippen molar-refractivity contribution in [3.8, 4) is 5.75 Å². The molecule has 1 aromatic carbocycles. The van der Waals surface area contributed by atoms with Crippen LogP contribution in [0, 0.1) is 5.92 Å². The minimum absolute atomic E-state index is 0.0341. The first-order valence-corrected chi connectivity index (χ1v) is 7.65. The molecule has 2 atom stereocenters. The molecule has 0 spiro atoms. The lowest BCUT2D eigenvalue weighted by Crippen LogP contribution is -2.49. The Bertz CT molecular complexity index is 590. The maximum Gasteiger partial charge on any atom is 0.268 e. The molecule has 3 rings (SSSR count). The van der Waals surface area contributed by atoms with Gasteiger partial charge in [-0.15, -0.1) is 0 Å². The molecule has 2 heterocycles. The number of amides is 2. The van der Waals surface area contributed by atoms with Crippen molar-refractivity contribution in [1.82, 2.24) is 4.90 Å². The Balaban J connectivity index is 1.76. The minimum atomic E-state index is -0.571. The minimum Gasteiger partial charge on any atom is -0.479 e. The van der Waals surface area contributed by atoms with Gasteiger partial charge in [0.1, 0.15) is 12.3 Å². The number of carbonyl (C=O) groups excluding carboxylic acids is 2. The van der Waals surface area contributed by atoms with Crippen LogP contribution in [0.1, 0.15) is 13.3 Å². The molecule has 2 amide bonds. The summed E-state index contributed by atoms with van der Waals surface area (Å²) in [5.74, 6) is 0.800. The summed E-state index contributed by atoms with van der Waals surface area (Å²) >= 11 is 0. The Labute approximate surface area is 129 Å². The van der Waals surface area contributed by atoms with Gasteiger partial charge in [0.05, 0.1) is 5.69 Å². The standard InChI is InChI=1S/C16H21N3O3/c1-11-16(21)19(13-4-2-3-5-14(13)22-11)10-15(20)18-7-6-12(8-17)9-18/h2-5,11-12H,6-10,17H2,1H3. The van der Waals surface area contributed by atoms with Crippen LogP contribution in [0.4, 0.5) is 5.69 Å². The monoisotopic (exact) mass is 303 g/mol. The number of likely N-dealkylation sites (tertiary alicyclic amines) is 1. The average Bonchev–Trinajstić information content (AvgIpc) is 3.01. The summed E-state index contributed by atoms with van der Waals surface area (Å²) in [6, 6.07) is 7.31. The second-order valence-corrected chi connectivity index (χ2v) is 5.88. The van der Waals surface area contributed by atoms with Gasteiger partial charge in [0.2, 0.25) is 5.91 Å². The van der Waals surface area contributed by atoms with Crippen molar-refractivity contribution in [3.63, 3.8) is 0 Å². The van der Waals surface area contributed by atoms with Crippen LogP contribution in [0.25, 0.3) is 0 Å². The van der Waals surface area contributed by atoms with Gasteiger partial charge in [-0.2, -0.15) is 0 Å². The van der Waals surface area contributed by atoms with E-state index in [0.29, 0.717) is 30.4 Å². The van der Waals surface area contributed by atoms with Gasteiger partial charge in [-0.25, -0.2) is 0 Å². The van der Waals surface area contributed by atoms with Crippen molar-refractivity contribution in [2.75, 3.05) is 31.1 Å². The van der Waals surface area contributed by atoms with Crippen molar-refractivity contribution in [3.05, 3.63) is 24.3 Å². The third-order valence-corrected chi connectivity index (χ3v) is 4.34. The van der Waals surface area contributed by atoms with Gasteiger partial charge in [-0.05, 0) is 37.9 Å². The predicted octanol–water partition coefficient (Wildman–Crippen LogP) is 0.608. The van der Waals surface area contributed by atoms with E-state index in [1.807, 2.05) is 18.2 Å². The fourth-order valence-corrected chi connectivity index (χ4v) is 3.01. The van der Waals surface area contributed by atoms with E-state index in [9.17, 15) is 9.59 Å². The van der Waals surface area contributed by atoms with Crippen molar-refractivity contribution in [2.45, 2.75) is 19.4 Å². The van der Waals surface area contributed by atoms with E-state index in [4.69, 9.17) is 10.5 Å². The van der Waals surface area contributed by atoms with Crippen LogP contribution >= 0.6 is 0 Å². The summed E-state index contributed by atoms with van der Waals surface area (Å²) in [6.07, 6.45) is 0.366. The third-order valence-electron chi connectivity index (χ3n) is 4.34. The normalized spacial score (nSPS) is 24.2. The molecule has 0 saturated carbocycles. The average molecular weight is 303 g/mol. The van der Waals surface area contributed by atoms with Gasteiger partial charge in [0.25, 0.3) is 5.91 Å². The van der Waals surface area contributed by atoms with Crippen molar-refractivity contribution < 1.29 is 14.3 Å². The van der Waals surface area contributed by atoms with Crippen molar-refractivity contribution >= 4 is 17.5 Å². The first kappa shape index (κ1) is 14.8. The number of para-hydroxylation sites is 2. The largest absolute Gasteiger partial charge is 0.479 e. The summed E-state index contributed by atoms with van der Waals surface area (Å²) in [5, 5.41) is 0. The Hall–Kier alpha value is -2.08. The highest BCUT2D eigenvalue weighted by Gasteiger charge is 2.34. The quantitative estimate of drug-likeness (QED) is 0.887. The van der Waals surface area contributed by atoms with Gasteiger partial charge in [-0.3, -0.25) is 14.5 Å². The Morgan fingerprint density at radius 3 is 2.91 bits per heavy atom. The van der Waals surface area contributed by atoms with Crippen LogP contribution in [0.15, 0.2) is 24.3 Å². The fourth-order valence-electron chi connectivity index (χ4n) is 3.01. The lowest BCUT2D eigenvalue weighted by molar-refractivity contribution is -0.132. The maximum atomic E-state index is 12.5. The van der Waals surface area contributed by atoms with E-state index in [-0.39, 0.29) is 18.4 Å². The van der Waals surface area contributed by atoms with E-state index < -0.39 is 6.10 Å². The maximum absolute atomic E-state index is 12.5. The Kier molecular flexibility index (Phi) is 4.02. The molecule has 2 aliphatic heterocycles. The van der Waals surface area contributed by atoms with Crippen molar-refractivity contribution in [2.24, 2.45) is 11.7 Å². The van der Waals surface area contributed by atoms with Gasteiger partial charge in [0.15, 0.2) is 6.10 Å². The van der Waals surface area contributed by atoms with E-state index >= 15 is 0 Å². The second-order valence-electron chi connectivity index (χ2n) is 5.88. The van der Waals surface area contributed by atoms with Gasteiger partial charge in [-0.1, -0.05) is 12.1 Å². The molecule has 1 fully saturated rings. The van der Waals surface area contributed by atoms with Crippen molar-refractivity contribution in [1.29, 1.82) is 0 Å². The highest BCUT2D eigenvalue weighted by atomic mass is 16.5. The molecule has 2 N–H and O–H groups in total. The van der Waals surface area contributed by atoms with Crippen LogP contribution in [0.3, 0.4) is 0 Å². The highest BCUT2D eigenvalue weighted by Crippen LogP contribution is 2.33. The van der Waals surface area contributed by atoms with Gasteiger partial charge in [0, 0.05) is 13.1 Å². The van der Waals surface area contributed by atoms with E-state index in [1.54, 1.807) is 17.9 Å². The topological polar surface area (TPSA) is 75.9 Å². The molecule has 1 saturated heterocycles. The summed E-state index contributed by atoms with van der Waals surface area (Å²) in [5.41, 5.74) is 6.33. The zero-order valence-electron chi connectivity index (χ0n) is 12.7. The van der Waals surface area contributed by atoms with Crippen LogP contribution in [-0.2, 0) is 9.59 Å². The molecular formula is C16H21N3O3. The molecule has 118 valence electrons. The zero-order chi connectivity index (χ0) is 15.7. The van der Waals surface area contributed by atoms with Crippen LogP contribution in [0.2, 0.25) is 0 Å². The summed E-state index contributed by atoms with van der Waals surface area (Å²) < 4.78 is 5.58. The number of hydrogen-bond acceptors (Lipinski definition) is 4. The van der Waals surface area contributed by atoms with E-state index in [2.05, 4.69) is 0 Å². The van der Waals surface area contributed by atoms with Gasteiger partial charge >= 0.3 is 0 Å². The number of anilines is 1. The Morgan fingerprint density at radius 2 is 2.18 bits per heavy atom. The molecule has 0 aliphatic carbocycles. The van der Waals surface area contributed by atoms with Crippen LogP contribution in [0.5, 0.6) is 5.75 Å². The molecule has 0 bridgehead atoms. The molecule has 0 radical (unpaired) electrons. The van der Waals surface area contributed by atoms with Crippen LogP contribution in [-0.4, -0.2) is 49.0 Å². The number of fused-ring (bicyclic) bond motifs is 1. The van der Waals surface area contributed by atoms with E-state index in [0.717, 1.165) is 13.0 Å². The molecule has 2 aliphatic rings. The molecule has 22 heavy (non-hydrogen) atoms. The molecule has 6 heteroatoms. The SMILES string of the molecule is CC1Oc2ccccc2N(CC(=O)N2CCC(CN)C2)C1=O. The third kappa shape index (κ3) is 2.66. The molecule has 6 nitrogen and oxygen atoms in total.